The number of nitrogens with two attached hydrogens (primary N) is 1. The summed E-state index contributed by atoms with van der Waals surface area (Å²) in [7, 11) is 2.00. The minimum atomic E-state index is 0. The lowest BCUT2D eigenvalue weighted by molar-refractivity contribution is -0.647. The predicted octanol–water partition coefficient (Wildman–Crippen LogP) is 2.51. The summed E-state index contributed by atoms with van der Waals surface area (Å²) in [6, 6.07) is 0. The first kappa shape index (κ1) is 24.8. The maximum atomic E-state index is 6.14. The number of anilines is 1. The molecule has 2 aromatic rings. The van der Waals surface area contributed by atoms with Crippen LogP contribution in [0.15, 0.2) is 35.4 Å². The van der Waals surface area contributed by atoms with Crippen molar-refractivity contribution in [1.29, 1.82) is 0 Å². The van der Waals surface area contributed by atoms with Crippen LogP contribution in [-0.4, -0.2) is 14.5 Å². The van der Waals surface area contributed by atoms with Crippen LogP contribution in [0.4, 0.5) is 5.82 Å². The highest BCUT2D eigenvalue weighted by Gasteiger charge is 2.43. The number of fused-ring (bicyclic) bond motifs is 1. The molecular weight excluding hydrogens is 418 g/mol. The third-order valence-corrected chi connectivity index (χ3v) is 8.45. The summed E-state index contributed by atoms with van der Waals surface area (Å²) in [4.78, 5) is 8.56. The first-order valence-electron chi connectivity index (χ1n) is 12.0. The molecule has 0 bridgehead atoms. The van der Waals surface area contributed by atoms with Gasteiger partial charge in [0.25, 0.3) is 0 Å². The van der Waals surface area contributed by atoms with Crippen LogP contribution >= 0.6 is 0 Å². The van der Waals surface area contributed by atoms with Crippen molar-refractivity contribution in [2.45, 2.75) is 86.1 Å². The van der Waals surface area contributed by atoms with Crippen molar-refractivity contribution in [2.75, 3.05) is 5.73 Å². The quantitative estimate of drug-likeness (QED) is 0.554. The van der Waals surface area contributed by atoms with Crippen LogP contribution in [0, 0.1) is 16.7 Å². The zero-order valence-corrected chi connectivity index (χ0v) is 21.5. The fourth-order valence-electron chi connectivity index (χ4n) is 6.10. The molecule has 2 aliphatic carbocycles. The van der Waals surface area contributed by atoms with Crippen LogP contribution in [0.1, 0.15) is 79.6 Å². The first-order valence-corrected chi connectivity index (χ1v) is 12.0. The van der Waals surface area contributed by atoms with E-state index >= 15 is 0 Å². The van der Waals surface area contributed by atoms with Crippen molar-refractivity contribution in [1.82, 2.24) is 14.5 Å². The number of imidazole rings is 1. The first-order chi connectivity index (χ1) is 14.6. The summed E-state index contributed by atoms with van der Waals surface area (Å²) in [5.41, 5.74) is 13.7. The molecule has 0 fully saturated rings. The van der Waals surface area contributed by atoms with Gasteiger partial charge in [0.1, 0.15) is 0 Å². The van der Waals surface area contributed by atoms with Crippen LogP contribution in [0.2, 0.25) is 0 Å². The van der Waals surface area contributed by atoms with E-state index in [0.29, 0.717) is 16.6 Å². The fourth-order valence-corrected chi connectivity index (χ4v) is 6.10. The summed E-state index contributed by atoms with van der Waals surface area (Å²) in [5.74, 6) is 1.30. The Morgan fingerprint density at radius 3 is 2.75 bits per heavy atom. The van der Waals surface area contributed by atoms with Gasteiger partial charge in [0.15, 0.2) is 18.5 Å². The number of nitrogen functional groups attached to an aromatic ring is 1. The summed E-state index contributed by atoms with van der Waals surface area (Å²) >= 11 is 0. The van der Waals surface area contributed by atoms with Gasteiger partial charge < -0.3 is 18.1 Å². The lowest BCUT2D eigenvalue weighted by atomic mass is 9.55. The minimum Gasteiger partial charge on any atom is -1.00 e. The van der Waals surface area contributed by atoms with E-state index in [1.165, 1.54) is 50.4 Å². The molecule has 0 unspecified atom stereocenters. The molecule has 2 aliphatic rings. The number of nitrogens with zero attached hydrogens (tertiary/aromatic N) is 4. The SMILES string of the molecule is C/C(=C\Cn1c[n+](C)c2ncnc(N)c21)CC[C@]1(C)C2=C(CC[C@H]1C)C(C)(C)CCC2.[Cl-]. The summed E-state index contributed by atoms with van der Waals surface area (Å²) < 4.78 is 4.17. The van der Waals surface area contributed by atoms with Gasteiger partial charge in [0.2, 0.25) is 5.52 Å². The van der Waals surface area contributed by atoms with Gasteiger partial charge in [-0.05, 0) is 68.6 Å². The van der Waals surface area contributed by atoms with E-state index in [2.05, 4.69) is 61.6 Å². The smallest absolute Gasteiger partial charge is 0.307 e. The molecule has 2 N–H and O–H groups in total. The largest absolute Gasteiger partial charge is 1.00 e. The Morgan fingerprint density at radius 1 is 1.25 bits per heavy atom. The zero-order valence-electron chi connectivity index (χ0n) is 20.7. The Balaban J connectivity index is 0.00000289. The number of aromatic nitrogens is 4. The Kier molecular flexibility index (Phi) is 7.09. The van der Waals surface area contributed by atoms with Crippen molar-refractivity contribution >= 4 is 17.0 Å². The molecule has 0 radical (unpaired) electrons. The Hall–Kier alpha value is -1.88. The number of hydrogen-bond acceptors (Lipinski definition) is 3. The lowest BCUT2D eigenvalue weighted by Gasteiger charge is -2.50. The fraction of sp³-hybridized carbons (Fsp3) is 0.654. The molecule has 0 saturated carbocycles. The maximum Gasteiger partial charge on any atom is 0.307 e. The van der Waals surface area contributed by atoms with Crippen molar-refractivity contribution in [3.63, 3.8) is 0 Å². The summed E-state index contributed by atoms with van der Waals surface area (Å²) in [6.07, 6.45) is 15.0. The Morgan fingerprint density at radius 2 is 2.00 bits per heavy atom. The molecule has 176 valence electrons. The van der Waals surface area contributed by atoms with Gasteiger partial charge in [-0.3, -0.25) is 4.57 Å². The Labute approximate surface area is 199 Å². The molecule has 6 heteroatoms. The van der Waals surface area contributed by atoms with Gasteiger partial charge in [-0.1, -0.05) is 55.5 Å². The maximum absolute atomic E-state index is 6.14. The predicted molar refractivity (Wildman–Crippen MR) is 127 cm³/mol. The molecule has 5 nitrogen and oxygen atoms in total. The molecule has 0 aromatic carbocycles. The van der Waals surface area contributed by atoms with Gasteiger partial charge in [0, 0.05) is 0 Å². The van der Waals surface area contributed by atoms with E-state index in [4.69, 9.17) is 5.73 Å². The molecule has 2 atom stereocenters. The normalized spacial score (nSPS) is 25.6. The molecule has 2 aromatic heterocycles. The third kappa shape index (κ3) is 4.33. The van der Waals surface area contributed by atoms with Crippen LogP contribution in [0.25, 0.3) is 11.2 Å². The number of aryl methyl sites for hydroxylation is 1. The van der Waals surface area contributed by atoms with Gasteiger partial charge in [-0.2, -0.15) is 4.98 Å². The van der Waals surface area contributed by atoms with Crippen LogP contribution in [0.5, 0.6) is 0 Å². The third-order valence-electron chi connectivity index (χ3n) is 8.45. The van der Waals surface area contributed by atoms with Crippen LogP contribution < -0.4 is 22.7 Å². The van der Waals surface area contributed by atoms with Crippen molar-refractivity contribution in [3.8, 4) is 0 Å². The zero-order chi connectivity index (χ0) is 22.4. The second-order valence-corrected chi connectivity index (χ2v) is 10.9. The molecule has 0 amide bonds. The summed E-state index contributed by atoms with van der Waals surface area (Å²) in [6.45, 7) is 13.1. The molecule has 0 saturated heterocycles. The molecule has 0 aliphatic heterocycles. The standard InChI is InChI=1S/C26H40N5.ClH/c1-18(12-15-31-17-30(6)24-22(31)23(27)28-16-29-24)11-14-26(5)19(2)9-10-20-21(26)8-7-13-25(20,3)4;/h12,16-17,19H,7-11,13-15H2,1-6H3,(H2,27,28,29);1H/q+1;/p-1/b18-12+;/t19-,26+;/m1./s1. The van der Waals surface area contributed by atoms with E-state index in [9.17, 15) is 0 Å². The second-order valence-electron chi connectivity index (χ2n) is 10.9. The Bertz CT molecular complexity index is 1050. The monoisotopic (exact) mass is 457 g/mol. The average molecular weight is 458 g/mol. The number of allylic oxidation sites excluding steroid dienone is 4. The van der Waals surface area contributed by atoms with Crippen LogP contribution in [-0.2, 0) is 13.6 Å². The molecule has 0 spiro atoms. The van der Waals surface area contributed by atoms with Gasteiger partial charge >= 0.3 is 5.65 Å². The molecule has 4 rings (SSSR count). The number of hydrogen-bond donors (Lipinski definition) is 1. The molecule has 2 heterocycles. The lowest BCUT2D eigenvalue weighted by Crippen LogP contribution is -3.00. The number of halogens is 1. The van der Waals surface area contributed by atoms with Crippen molar-refractivity contribution < 1.29 is 17.0 Å². The second kappa shape index (κ2) is 9.17. The van der Waals surface area contributed by atoms with E-state index < -0.39 is 0 Å². The highest BCUT2D eigenvalue weighted by molar-refractivity contribution is 5.79. The molecular formula is C26H40ClN5. The van der Waals surface area contributed by atoms with E-state index in [0.717, 1.165) is 30.0 Å². The van der Waals surface area contributed by atoms with Crippen LogP contribution in [0.3, 0.4) is 0 Å². The van der Waals surface area contributed by atoms with E-state index in [1.807, 2.05) is 17.2 Å². The van der Waals surface area contributed by atoms with E-state index in [1.54, 1.807) is 5.57 Å². The summed E-state index contributed by atoms with van der Waals surface area (Å²) in [5, 5.41) is 0. The van der Waals surface area contributed by atoms with Crippen molar-refractivity contribution in [2.24, 2.45) is 23.8 Å². The number of rotatable bonds is 5. The van der Waals surface area contributed by atoms with Gasteiger partial charge in [-0.15, -0.1) is 0 Å². The van der Waals surface area contributed by atoms with E-state index in [-0.39, 0.29) is 12.4 Å². The average Bonchev–Trinajstić information content (AvgIpc) is 3.05. The van der Waals surface area contributed by atoms with Gasteiger partial charge in [0.05, 0.1) is 13.6 Å². The minimum absolute atomic E-state index is 0. The highest BCUT2D eigenvalue weighted by Crippen LogP contribution is 2.56. The topological polar surface area (TPSA) is 60.6 Å². The van der Waals surface area contributed by atoms with Gasteiger partial charge in [-0.25, -0.2) is 4.57 Å². The van der Waals surface area contributed by atoms with Crippen molar-refractivity contribution in [3.05, 3.63) is 35.4 Å². The highest BCUT2D eigenvalue weighted by atomic mass is 35.5. The molecule has 32 heavy (non-hydrogen) atoms.